The number of carbonyl (C=O) groups excluding carboxylic acids is 2. The largest absolute Gasteiger partial charge is 0.343 e. The van der Waals surface area contributed by atoms with Crippen LogP contribution in [0.1, 0.15) is 32.8 Å². The van der Waals surface area contributed by atoms with E-state index in [9.17, 15) is 18.4 Å². The van der Waals surface area contributed by atoms with Crippen molar-refractivity contribution in [3.63, 3.8) is 0 Å². The monoisotopic (exact) mass is 360 g/mol. The Balaban J connectivity index is 2.17. The molecule has 2 amide bonds. The van der Waals surface area contributed by atoms with Crippen molar-refractivity contribution in [2.24, 2.45) is 7.05 Å². The molecule has 0 atom stereocenters. The van der Waals surface area contributed by atoms with Crippen LogP contribution >= 0.6 is 11.6 Å². The van der Waals surface area contributed by atoms with Gasteiger partial charge in [0.05, 0.1) is 16.8 Å². The van der Waals surface area contributed by atoms with Crippen molar-refractivity contribution >= 4 is 34.3 Å². The van der Waals surface area contributed by atoms with Crippen LogP contribution in [0.15, 0.2) is 36.4 Å². The van der Waals surface area contributed by atoms with Crippen LogP contribution in [-0.2, 0) is 7.05 Å². The van der Waals surface area contributed by atoms with E-state index < -0.39 is 18.2 Å². The molecule has 0 radical (unpaired) electrons. The van der Waals surface area contributed by atoms with E-state index in [1.807, 2.05) is 0 Å². The fraction of sp³-hybridized carbons (Fsp3) is 0.111. The molecule has 3 aromatic rings. The third kappa shape index (κ3) is 2.17. The Bertz CT molecular complexity index is 1070. The predicted molar refractivity (Wildman–Crippen MR) is 90.1 cm³/mol. The fourth-order valence-electron chi connectivity index (χ4n) is 3.29. The molecule has 2 aromatic carbocycles. The summed E-state index contributed by atoms with van der Waals surface area (Å²) in [5.74, 6) is -1.15. The first-order chi connectivity index (χ1) is 11.9. The number of nitrogens with zero attached hydrogens (tertiary/aromatic N) is 1. The van der Waals surface area contributed by atoms with Gasteiger partial charge >= 0.3 is 0 Å². The molecule has 1 N–H and O–H groups in total. The third-order valence-corrected chi connectivity index (χ3v) is 4.78. The first-order valence-corrected chi connectivity index (χ1v) is 7.83. The maximum atomic E-state index is 13.3. The second-order valence-electron chi connectivity index (χ2n) is 5.80. The minimum absolute atomic E-state index is 0.111. The van der Waals surface area contributed by atoms with E-state index in [0.29, 0.717) is 27.1 Å². The van der Waals surface area contributed by atoms with Gasteiger partial charge in [0.1, 0.15) is 0 Å². The maximum absolute atomic E-state index is 13.3. The molecular weight excluding hydrogens is 350 g/mol. The summed E-state index contributed by atoms with van der Waals surface area (Å²) in [7, 11) is 1.50. The molecule has 0 saturated carbocycles. The van der Waals surface area contributed by atoms with E-state index >= 15 is 0 Å². The minimum atomic E-state index is -2.70. The van der Waals surface area contributed by atoms with Gasteiger partial charge in [-0.25, -0.2) is 8.78 Å². The molecule has 0 aliphatic carbocycles. The van der Waals surface area contributed by atoms with Crippen LogP contribution < -0.4 is 5.32 Å². The number of nitrogens with one attached hydrogen (secondary N) is 1. The van der Waals surface area contributed by atoms with Crippen LogP contribution in [0, 0.1) is 0 Å². The smallest absolute Gasteiger partial charge is 0.278 e. The van der Waals surface area contributed by atoms with Crippen molar-refractivity contribution in [2.75, 3.05) is 0 Å². The van der Waals surface area contributed by atoms with Crippen molar-refractivity contribution < 1.29 is 18.4 Å². The number of hydrogen-bond donors (Lipinski definition) is 1. The molecule has 0 fully saturated rings. The lowest BCUT2D eigenvalue weighted by atomic mass is 9.94. The van der Waals surface area contributed by atoms with Gasteiger partial charge in [0, 0.05) is 28.5 Å². The first-order valence-electron chi connectivity index (χ1n) is 7.45. The lowest BCUT2D eigenvalue weighted by molar-refractivity contribution is 0.0880. The highest BCUT2D eigenvalue weighted by Crippen LogP contribution is 2.40. The van der Waals surface area contributed by atoms with Crippen LogP contribution in [0.4, 0.5) is 8.78 Å². The predicted octanol–water partition coefficient (Wildman–Crippen LogP) is 4.32. The van der Waals surface area contributed by atoms with Crippen molar-refractivity contribution in [2.45, 2.75) is 6.43 Å². The SMILES string of the molecule is Cn1c(C(F)F)cc2c3c(c(-c4ccccc4Cl)cc21)C(=O)NC3=O. The Hall–Kier alpha value is -2.73. The van der Waals surface area contributed by atoms with Crippen LogP contribution in [0.25, 0.3) is 22.0 Å². The van der Waals surface area contributed by atoms with Crippen LogP contribution in [0.2, 0.25) is 5.02 Å². The molecular formula is C18H11ClF2N2O2. The first kappa shape index (κ1) is 15.8. The summed E-state index contributed by atoms with van der Waals surface area (Å²) in [6.45, 7) is 0. The lowest BCUT2D eigenvalue weighted by Crippen LogP contribution is -2.20. The van der Waals surface area contributed by atoms with E-state index in [-0.39, 0.29) is 16.8 Å². The average molecular weight is 361 g/mol. The van der Waals surface area contributed by atoms with Crippen molar-refractivity contribution in [1.82, 2.24) is 9.88 Å². The molecule has 126 valence electrons. The number of rotatable bonds is 2. The van der Waals surface area contributed by atoms with Gasteiger partial charge < -0.3 is 4.57 Å². The molecule has 0 bridgehead atoms. The molecule has 25 heavy (non-hydrogen) atoms. The summed E-state index contributed by atoms with van der Waals surface area (Å²) in [4.78, 5) is 24.6. The van der Waals surface area contributed by atoms with E-state index in [4.69, 9.17) is 11.6 Å². The second-order valence-corrected chi connectivity index (χ2v) is 6.21. The summed E-state index contributed by atoms with van der Waals surface area (Å²) in [5.41, 5.74) is 1.50. The Morgan fingerprint density at radius 1 is 1.04 bits per heavy atom. The number of aryl methyl sites for hydroxylation is 1. The summed E-state index contributed by atoms with van der Waals surface area (Å²) >= 11 is 6.25. The third-order valence-electron chi connectivity index (χ3n) is 4.46. The van der Waals surface area contributed by atoms with Gasteiger partial charge in [0.15, 0.2) is 0 Å². The number of fused-ring (bicyclic) bond motifs is 3. The number of imide groups is 1. The molecule has 1 aliphatic heterocycles. The zero-order chi connectivity index (χ0) is 17.9. The van der Waals surface area contributed by atoms with E-state index in [2.05, 4.69) is 5.32 Å². The highest BCUT2D eigenvalue weighted by atomic mass is 35.5. The van der Waals surface area contributed by atoms with Crippen LogP contribution in [0.3, 0.4) is 0 Å². The quantitative estimate of drug-likeness (QED) is 0.692. The Kier molecular flexibility index (Phi) is 3.40. The Morgan fingerprint density at radius 2 is 1.72 bits per heavy atom. The molecule has 0 unspecified atom stereocenters. The number of amides is 2. The second kappa shape index (κ2) is 5.39. The molecule has 4 rings (SSSR count). The molecule has 1 aromatic heterocycles. The van der Waals surface area contributed by atoms with Gasteiger partial charge in [0.2, 0.25) is 0 Å². The van der Waals surface area contributed by atoms with Crippen molar-refractivity contribution in [3.8, 4) is 11.1 Å². The van der Waals surface area contributed by atoms with Gasteiger partial charge in [-0.15, -0.1) is 0 Å². The van der Waals surface area contributed by atoms with Crippen molar-refractivity contribution in [3.05, 3.63) is 58.2 Å². The van der Waals surface area contributed by atoms with Gasteiger partial charge in [0.25, 0.3) is 18.2 Å². The normalized spacial score (nSPS) is 13.6. The molecule has 1 aliphatic rings. The highest BCUT2D eigenvalue weighted by Gasteiger charge is 2.34. The highest BCUT2D eigenvalue weighted by molar-refractivity contribution is 6.35. The number of carbonyl (C=O) groups is 2. The average Bonchev–Trinajstić information content (AvgIpc) is 3.05. The van der Waals surface area contributed by atoms with Crippen LogP contribution in [-0.4, -0.2) is 16.4 Å². The molecule has 0 spiro atoms. The maximum Gasteiger partial charge on any atom is 0.278 e. The van der Waals surface area contributed by atoms with Gasteiger partial charge in [-0.05, 0) is 23.8 Å². The fourth-order valence-corrected chi connectivity index (χ4v) is 3.53. The molecule has 2 heterocycles. The number of alkyl halides is 2. The number of halogens is 3. The summed E-state index contributed by atoms with van der Waals surface area (Å²) < 4.78 is 27.9. The standard InChI is InChI=1S/C18H11ClF2N2O2/c1-23-12-6-9(8-4-2-3-5-11(8)19)14-15(18(25)22-17(14)24)10(12)7-13(23)16(20)21/h2-7,16H,1H3,(H,22,24,25). The van der Waals surface area contributed by atoms with E-state index in [1.165, 1.54) is 17.7 Å². The van der Waals surface area contributed by atoms with E-state index in [0.717, 1.165) is 0 Å². The minimum Gasteiger partial charge on any atom is -0.343 e. The van der Waals surface area contributed by atoms with Crippen molar-refractivity contribution in [1.29, 1.82) is 0 Å². The zero-order valence-corrected chi connectivity index (χ0v) is 13.7. The Morgan fingerprint density at radius 3 is 2.40 bits per heavy atom. The number of hydrogen-bond acceptors (Lipinski definition) is 2. The topological polar surface area (TPSA) is 51.1 Å². The van der Waals surface area contributed by atoms with Gasteiger partial charge in [-0.2, -0.15) is 0 Å². The number of aromatic nitrogens is 1. The van der Waals surface area contributed by atoms with Crippen LogP contribution in [0.5, 0.6) is 0 Å². The van der Waals surface area contributed by atoms with E-state index in [1.54, 1.807) is 30.3 Å². The summed E-state index contributed by atoms with van der Waals surface area (Å²) in [6.07, 6.45) is -2.70. The zero-order valence-electron chi connectivity index (χ0n) is 12.9. The Labute approximate surface area is 146 Å². The molecule has 0 saturated heterocycles. The van der Waals surface area contributed by atoms with Gasteiger partial charge in [-0.3, -0.25) is 14.9 Å². The number of benzene rings is 2. The summed E-state index contributed by atoms with van der Waals surface area (Å²) in [5, 5.41) is 2.97. The summed E-state index contributed by atoms with van der Waals surface area (Å²) in [6, 6.07) is 9.76. The molecule has 4 nitrogen and oxygen atoms in total. The molecule has 7 heteroatoms. The lowest BCUT2D eigenvalue weighted by Gasteiger charge is -2.10. The van der Waals surface area contributed by atoms with Gasteiger partial charge in [-0.1, -0.05) is 29.8 Å².